The molecule has 0 saturated carbocycles. The van der Waals surface area contributed by atoms with Crippen molar-refractivity contribution < 1.29 is 19.7 Å². The Morgan fingerprint density at radius 3 is 2.62 bits per heavy atom. The number of benzene rings is 1. The first-order valence-electron chi connectivity index (χ1n) is 4.45. The van der Waals surface area contributed by atoms with Crippen LogP contribution in [-0.4, -0.2) is 28.9 Å². The van der Waals surface area contributed by atoms with Gasteiger partial charge in [0.2, 0.25) is 0 Å². The zero-order valence-electron chi connectivity index (χ0n) is 8.41. The van der Waals surface area contributed by atoms with Gasteiger partial charge in [0, 0.05) is 5.02 Å². The fraction of sp³-hybridized carbons (Fsp3) is 0.300. The van der Waals surface area contributed by atoms with Crippen molar-refractivity contribution in [3.63, 3.8) is 0 Å². The third-order valence-electron chi connectivity index (χ3n) is 1.71. The van der Waals surface area contributed by atoms with E-state index < -0.39 is 12.1 Å². The molecule has 0 radical (unpaired) electrons. The van der Waals surface area contributed by atoms with Gasteiger partial charge in [-0.25, -0.2) is 4.79 Å². The Balaban J connectivity index is 3.09. The zero-order valence-corrected chi connectivity index (χ0v) is 9.92. The largest absolute Gasteiger partial charge is 0.488 e. The van der Waals surface area contributed by atoms with E-state index in [1.165, 1.54) is 19.1 Å². The lowest BCUT2D eigenvalue weighted by atomic mass is 10.2. The van der Waals surface area contributed by atoms with Gasteiger partial charge in [0.15, 0.2) is 5.75 Å². The van der Waals surface area contributed by atoms with E-state index >= 15 is 0 Å². The maximum atomic E-state index is 10.9. The third kappa shape index (κ3) is 3.27. The average molecular weight is 265 g/mol. The predicted octanol–water partition coefficient (Wildman–Crippen LogP) is 2.45. The summed E-state index contributed by atoms with van der Waals surface area (Å²) >= 11 is 11.5. The monoisotopic (exact) mass is 264 g/mol. The molecule has 0 aliphatic heterocycles. The van der Waals surface area contributed by atoms with Gasteiger partial charge in [-0.2, -0.15) is 0 Å². The first kappa shape index (κ1) is 13.1. The highest BCUT2D eigenvalue weighted by Gasteiger charge is 2.17. The molecule has 2 N–H and O–H groups in total. The minimum atomic E-state index is -1.19. The van der Waals surface area contributed by atoms with Crippen molar-refractivity contribution in [1.29, 1.82) is 0 Å². The van der Waals surface area contributed by atoms with Crippen LogP contribution in [-0.2, 0) is 0 Å². The Morgan fingerprint density at radius 2 is 2.12 bits per heavy atom. The Morgan fingerprint density at radius 1 is 1.50 bits per heavy atom. The summed E-state index contributed by atoms with van der Waals surface area (Å²) in [6.07, 6.45) is -0.714. The highest BCUT2D eigenvalue weighted by Crippen LogP contribution is 2.32. The van der Waals surface area contributed by atoms with Crippen LogP contribution in [0.5, 0.6) is 5.75 Å². The molecule has 0 spiro atoms. The van der Waals surface area contributed by atoms with Gasteiger partial charge in [-0.15, -0.1) is 0 Å². The highest BCUT2D eigenvalue weighted by molar-refractivity contribution is 6.36. The van der Waals surface area contributed by atoms with Crippen LogP contribution in [0.1, 0.15) is 17.3 Å². The number of halogens is 2. The standard InChI is InChI=1S/C10H10Cl2O4/c1-5(13)4-16-9-7(10(14)15)2-6(11)3-8(9)12/h2-3,5,13H,4H2,1H3,(H,14,15). The van der Waals surface area contributed by atoms with Crippen LogP contribution in [0, 0.1) is 0 Å². The van der Waals surface area contributed by atoms with Crippen LogP contribution >= 0.6 is 23.2 Å². The van der Waals surface area contributed by atoms with E-state index in [0.717, 1.165) is 0 Å². The van der Waals surface area contributed by atoms with Crippen LogP contribution in [0.4, 0.5) is 0 Å². The smallest absolute Gasteiger partial charge is 0.339 e. The molecule has 0 aliphatic rings. The molecule has 0 fully saturated rings. The lowest BCUT2D eigenvalue weighted by Gasteiger charge is -2.12. The predicted molar refractivity (Wildman–Crippen MR) is 60.6 cm³/mol. The van der Waals surface area contributed by atoms with Crippen LogP contribution in [0.15, 0.2) is 12.1 Å². The molecule has 4 nitrogen and oxygen atoms in total. The quantitative estimate of drug-likeness (QED) is 0.877. The van der Waals surface area contributed by atoms with E-state index in [1.807, 2.05) is 0 Å². The summed E-state index contributed by atoms with van der Waals surface area (Å²) in [5, 5.41) is 18.3. The van der Waals surface area contributed by atoms with Crippen molar-refractivity contribution >= 4 is 29.2 Å². The van der Waals surface area contributed by atoms with E-state index in [0.29, 0.717) is 0 Å². The Kier molecular flexibility index (Phi) is 4.41. The molecule has 6 heteroatoms. The average Bonchev–Trinajstić information content (AvgIpc) is 2.14. The number of hydrogen-bond acceptors (Lipinski definition) is 3. The van der Waals surface area contributed by atoms with E-state index in [4.69, 9.17) is 38.2 Å². The number of aromatic carboxylic acids is 1. The number of ether oxygens (including phenoxy) is 1. The minimum Gasteiger partial charge on any atom is -0.488 e. The molecule has 0 heterocycles. The van der Waals surface area contributed by atoms with Crippen LogP contribution in [0.3, 0.4) is 0 Å². The molecule has 0 saturated heterocycles. The summed E-state index contributed by atoms with van der Waals surface area (Å²) in [6, 6.07) is 2.63. The Labute approximate surface area is 102 Å². The Bertz CT molecular complexity index is 404. The first-order valence-corrected chi connectivity index (χ1v) is 5.20. The van der Waals surface area contributed by atoms with E-state index in [2.05, 4.69) is 0 Å². The zero-order chi connectivity index (χ0) is 12.3. The van der Waals surface area contributed by atoms with Crippen molar-refractivity contribution in [2.45, 2.75) is 13.0 Å². The lowest BCUT2D eigenvalue weighted by molar-refractivity contribution is 0.0686. The SMILES string of the molecule is CC(O)COc1c(Cl)cc(Cl)cc1C(=O)O. The van der Waals surface area contributed by atoms with Gasteiger partial charge >= 0.3 is 5.97 Å². The van der Waals surface area contributed by atoms with Gasteiger partial charge in [-0.1, -0.05) is 23.2 Å². The topological polar surface area (TPSA) is 66.8 Å². The third-order valence-corrected chi connectivity index (χ3v) is 2.21. The number of rotatable bonds is 4. The molecular weight excluding hydrogens is 255 g/mol. The van der Waals surface area contributed by atoms with Gasteiger partial charge in [-0.3, -0.25) is 0 Å². The van der Waals surface area contributed by atoms with Crippen LogP contribution < -0.4 is 4.74 Å². The van der Waals surface area contributed by atoms with Crippen molar-refractivity contribution in [2.24, 2.45) is 0 Å². The van der Waals surface area contributed by atoms with Crippen LogP contribution in [0.2, 0.25) is 10.0 Å². The number of carboxylic acids is 1. The maximum Gasteiger partial charge on any atom is 0.339 e. The van der Waals surface area contributed by atoms with Gasteiger partial charge < -0.3 is 14.9 Å². The number of aliphatic hydroxyl groups excluding tert-OH is 1. The fourth-order valence-corrected chi connectivity index (χ4v) is 1.62. The van der Waals surface area contributed by atoms with Crippen LogP contribution in [0.25, 0.3) is 0 Å². The molecule has 88 valence electrons. The van der Waals surface area contributed by atoms with Crippen molar-refractivity contribution in [3.05, 3.63) is 27.7 Å². The van der Waals surface area contributed by atoms with Gasteiger partial charge in [0.25, 0.3) is 0 Å². The molecule has 16 heavy (non-hydrogen) atoms. The Hall–Kier alpha value is -0.970. The summed E-state index contributed by atoms with van der Waals surface area (Å²) in [6.45, 7) is 1.48. The second kappa shape index (κ2) is 5.39. The molecule has 1 aromatic carbocycles. The molecule has 1 rings (SSSR count). The molecule has 1 atom stereocenters. The second-order valence-electron chi connectivity index (χ2n) is 3.23. The molecule has 0 bridgehead atoms. The van der Waals surface area contributed by atoms with Crippen molar-refractivity contribution in [1.82, 2.24) is 0 Å². The summed E-state index contributed by atoms with van der Waals surface area (Å²) in [5.74, 6) is -1.18. The van der Waals surface area contributed by atoms with Crippen molar-refractivity contribution in [2.75, 3.05) is 6.61 Å². The number of hydrogen-bond donors (Lipinski definition) is 2. The van der Waals surface area contributed by atoms with Gasteiger partial charge in [0.1, 0.15) is 12.2 Å². The summed E-state index contributed by atoms with van der Waals surface area (Å²) in [7, 11) is 0. The van der Waals surface area contributed by atoms with Crippen molar-refractivity contribution in [3.8, 4) is 5.75 Å². The molecule has 0 aliphatic carbocycles. The first-order chi connectivity index (χ1) is 7.41. The normalized spacial score (nSPS) is 12.2. The molecule has 1 unspecified atom stereocenters. The molecule has 0 aromatic heterocycles. The summed E-state index contributed by atoms with van der Waals surface area (Å²) in [4.78, 5) is 10.9. The summed E-state index contributed by atoms with van der Waals surface area (Å²) < 4.78 is 5.12. The maximum absolute atomic E-state index is 10.9. The number of aliphatic hydroxyl groups is 1. The molecule has 0 amide bonds. The second-order valence-corrected chi connectivity index (χ2v) is 4.07. The highest BCUT2D eigenvalue weighted by atomic mass is 35.5. The van der Waals surface area contributed by atoms with E-state index in [9.17, 15) is 4.79 Å². The number of carboxylic acid groups (broad SMARTS) is 1. The minimum absolute atomic E-state index is 0.0134. The van der Waals surface area contributed by atoms with E-state index in [1.54, 1.807) is 0 Å². The number of carbonyl (C=O) groups is 1. The van der Waals surface area contributed by atoms with E-state index in [-0.39, 0.29) is 28.0 Å². The fourth-order valence-electron chi connectivity index (χ4n) is 1.07. The molecular formula is C10H10Cl2O4. The van der Waals surface area contributed by atoms with Gasteiger partial charge in [0.05, 0.1) is 11.1 Å². The molecule has 1 aromatic rings. The van der Waals surface area contributed by atoms with Gasteiger partial charge in [-0.05, 0) is 19.1 Å². The summed E-state index contributed by atoms with van der Waals surface area (Å²) in [5.41, 5.74) is -0.127. The lowest BCUT2D eigenvalue weighted by Crippen LogP contribution is -2.14.